The normalized spacial score (nSPS) is 30.4. The smallest absolute Gasteiger partial charge is 0.326 e. The van der Waals surface area contributed by atoms with Crippen molar-refractivity contribution in [2.24, 2.45) is 5.92 Å². The van der Waals surface area contributed by atoms with Crippen molar-refractivity contribution in [3.63, 3.8) is 0 Å². The van der Waals surface area contributed by atoms with E-state index in [0.717, 1.165) is 11.1 Å². The van der Waals surface area contributed by atoms with Crippen LogP contribution in [0, 0.1) is 5.92 Å². The lowest BCUT2D eigenvalue weighted by Crippen LogP contribution is -2.59. The van der Waals surface area contributed by atoms with E-state index in [1.165, 1.54) is 0 Å². The molecule has 0 radical (unpaired) electrons. The summed E-state index contributed by atoms with van der Waals surface area (Å²) < 4.78 is 5.72. The molecule has 2 fully saturated rings. The number of benzene rings is 1. The number of allylic oxidation sites excluding steroid dienone is 2. The molecule has 4 nitrogen and oxygen atoms in total. The average molecular weight is 325 g/mol. The minimum atomic E-state index is -0.610. The molecule has 2 aliphatic heterocycles. The SMILES string of the molecule is C=C/C=C/[C@@H]1C(=C)CN2[C@H]1[C@H](Cc1ccccc1)OC(=O)[C@@H]2CO. The summed E-state index contributed by atoms with van der Waals surface area (Å²) in [6.07, 6.45) is 6.09. The van der Waals surface area contributed by atoms with Gasteiger partial charge in [0.1, 0.15) is 12.1 Å². The number of fused-ring (bicyclic) bond motifs is 1. The minimum absolute atomic E-state index is 0.0104. The Hall–Kier alpha value is -2.17. The molecule has 2 saturated heterocycles. The molecule has 4 heteroatoms. The summed E-state index contributed by atoms with van der Waals surface area (Å²) in [4.78, 5) is 14.3. The first-order valence-corrected chi connectivity index (χ1v) is 8.23. The summed E-state index contributed by atoms with van der Waals surface area (Å²) in [6.45, 7) is 8.26. The summed E-state index contributed by atoms with van der Waals surface area (Å²) in [6, 6.07) is 9.39. The van der Waals surface area contributed by atoms with Gasteiger partial charge < -0.3 is 9.84 Å². The van der Waals surface area contributed by atoms with Gasteiger partial charge in [-0.3, -0.25) is 9.69 Å². The fourth-order valence-electron chi connectivity index (χ4n) is 3.73. The number of cyclic esters (lactones) is 1. The number of esters is 1. The third-order valence-corrected chi connectivity index (χ3v) is 4.84. The van der Waals surface area contributed by atoms with Crippen molar-refractivity contribution < 1.29 is 14.6 Å². The minimum Gasteiger partial charge on any atom is -0.459 e. The molecule has 1 N–H and O–H groups in total. The number of carbonyl (C=O) groups is 1. The van der Waals surface area contributed by atoms with Crippen LogP contribution in [0.2, 0.25) is 0 Å². The lowest BCUT2D eigenvalue weighted by molar-refractivity contribution is -0.174. The van der Waals surface area contributed by atoms with E-state index in [-0.39, 0.29) is 30.6 Å². The Labute approximate surface area is 142 Å². The fraction of sp³-hybridized carbons (Fsp3) is 0.350. The van der Waals surface area contributed by atoms with E-state index < -0.39 is 6.04 Å². The van der Waals surface area contributed by atoms with E-state index in [2.05, 4.69) is 19.2 Å². The highest BCUT2D eigenvalue weighted by Gasteiger charge is 2.50. The lowest BCUT2D eigenvalue weighted by Gasteiger charge is -2.41. The Morgan fingerprint density at radius 2 is 2.08 bits per heavy atom. The van der Waals surface area contributed by atoms with Crippen molar-refractivity contribution in [2.75, 3.05) is 13.2 Å². The average Bonchev–Trinajstić information content (AvgIpc) is 2.90. The van der Waals surface area contributed by atoms with E-state index >= 15 is 0 Å². The molecular weight excluding hydrogens is 302 g/mol. The van der Waals surface area contributed by atoms with Gasteiger partial charge in [-0.05, 0) is 5.56 Å². The van der Waals surface area contributed by atoms with E-state index in [0.29, 0.717) is 13.0 Å². The number of aliphatic hydroxyl groups excluding tert-OH is 1. The molecule has 126 valence electrons. The van der Waals surface area contributed by atoms with Crippen LogP contribution in [-0.4, -0.2) is 47.3 Å². The van der Waals surface area contributed by atoms with Crippen LogP contribution in [-0.2, 0) is 16.0 Å². The molecule has 0 aromatic heterocycles. The van der Waals surface area contributed by atoms with Crippen LogP contribution in [0.1, 0.15) is 5.56 Å². The maximum Gasteiger partial charge on any atom is 0.326 e. The zero-order valence-electron chi connectivity index (χ0n) is 13.7. The number of carbonyl (C=O) groups excluding carboxylic acids is 1. The number of hydrogen-bond donors (Lipinski definition) is 1. The molecule has 24 heavy (non-hydrogen) atoms. The molecule has 2 aliphatic rings. The second kappa shape index (κ2) is 7.16. The van der Waals surface area contributed by atoms with Crippen molar-refractivity contribution >= 4 is 5.97 Å². The predicted octanol–water partition coefficient (Wildman–Crippen LogP) is 2.11. The quantitative estimate of drug-likeness (QED) is 0.512. The monoisotopic (exact) mass is 325 g/mol. The Kier molecular flexibility index (Phi) is 4.97. The zero-order chi connectivity index (χ0) is 17.1. The number of morpholine rings is 1. The third-order valence-electron chi connectivity index (χ3n) is 4.84. The second-order valence-electron chi connectivity index (χ2n) is 6.33. The first-order chi connectivity index (χ1) is 11.7. The van der Waals surface area contributed by atoms with Crippen molar-refractivity contribution in [2.45, 2.75) is 24.6 Å². The highest BCUT2D eigenvalue weighted by molar-refractivity contribution is 5.77. The highest BCUT2D eigenvalue weighted by atomic mass is 16.6. The van der Waals surface area contributed by atoms with Gasteiger partial charge >= 0.3 is 5.97 Å². The lowest BCUT2D eigenvalue weighted by atomic mass is 9.88. The largest absolute Gasteiger partial charge is 0.459 e. The molecule has 0 aliphatic carbocycles. The highest BCUT2D eigenvalue weighted by Crippen LogP contribution is 2.38. The maximum absolute atomic E-state index is 12.3. The van der Waals surface area contributed by atoms with Gasteiger partial charge in [-0.25, -0.2) is 0 Å². The van der Waals surface area contributed by atoms with E-state index in [9.17, 15) is 9.90 Å². The van der Waals surface area contributed by atoms with E-state index in [1.54, 1.807) is 6.08 Å². The molecular formula is C20H23NO3. The Bertz CT molecular complexity index is 652. The number of ether oxygens (including phenoxy) is 1. The van der Waals surface area contributed by atoms with Gasteiger partial charge in [0.15, 0.2) is 0 Å². The van der Waals surface area contributed by atoms with Gasteiger partial charge in [0.2, 0.25) is 0 Å². The van der Waals surface area contributed by atoms with Crippen LogP contribution in [0.3, 0.4) is 0 Å². The van der Waals surface area contributed by atoms with Gasteiger partial charge in [0.05, 0.1) is 12.6 Å². The molecule has 4 atom stereocenters. The maximum atomic E-state index is 12.3. The van der Waals surface area contributed by atoms with Crippen LogP contribution in [0.4, 0.5) is 0 Å². The summed E-state index contributed by atoms with van der Waals surface area (Å²) in [7, 11) is 0. The molecule has 0 bridgehead atoms. The van der Waals surface area contributed by atoms with Gasteiger partial charge in [-0.15, -0.1) is 0 Å². The fourth-order valence-corrected chi connectivity index (χ4v) is 3.73. The molecule has 2 heterocycles. The number of nitrogens with zero attached hydrogens (tertiary/aromatic N) is 1. The molecule has 0 amide bonds. The Morgan fingerprint density at radius 3 is 2.75 bits per heavy atom. The van der Waals surface area contributed by atoms with Crippen molar-refractivity contribution in [3.05, 3.63) is 72.9 Å². The van der Waals surface area contributed by atoms with Crippen LogP contribution in [0.5, 0.6) is 0 Å². The van der Waals surface area contributed by atoms with Crippen LogP contribution in [0.25, 0.3) is 0 Å². The van der Waals surface area contributed by atoms with Gasteiger partial charge in [0.25, 0.3) is 0 Å². The first kappa shape index (κ1) is 16.7. The molecule has 0 saturated carbocycles. The Balaban J connectivity index is 1.92. The van der Waals surface area contributed by atoms with E-state index in [1.807, 2.05) is 41.3 Å². The Morgan fingerprint density at radius 1 is 1.33 bits per heavy atom. The number of aliphatic hydroxyl groups is 1. The molecule has 0 spiro atoms. The van der Waals surface area contributed by atoms with Gasteiger partial charge in [-0.2, -0.15) is 0 Å². The van der Waals surface area contributed by atoms with Gasteiger partial charge in [-0.1, -0.05) is 67.3 Å². The standard InChI is InChI=1S/C20H23NO3/c1-3-4-10-16-14(2)12-21-17(13-22)20(23)24-18(19(16)21)11-15-8-6-5-7-9-15/h3-10,16-19,22H,1-2,11-13H2/b10-4+/t16-,17+,18+,19-/m1/s1. The van der Waals surface area contributed by atoms with Crippen molar-refractivity contribution in [3.8, 4) is 0 Å². The van der Waals surface area contributed by atoms with Crippen LogP contribution >= 0.6 is 0 Å². The van der Waals surface area contributed by atoms with Crippen molar-refractivity contribution in [1.29, 1.82) is 0 Å². The molecule has 3 rings (SSSR count). The summed E-state index contributed by atoms with van der Waals surface area (Å²) in [5, 5.41) is 9.63. The summed E-state index contributed by atoms with van der Waals surface area (Å²) in [5.74, 6) is -0.269. The van der Waals surface area contributed by atoms with Crippen LogP contribution < -0.4 is 0 Å². The number of hydrogen-bond acceptors (Lipinski definition) is 4. The number of rotatable bonds is 5. The second-order valence-corrected chi connectivity index (χ2v) is 6.33. The molecule has 1 aromatic rings. The predicted molar refractivity (Wildman–Crippen MR) is 93.4 cm³/mol. The van der Waals surface area contributed by atoms with Crippen LogP contribution in [0.15, 0.2) is 67.3 Å². The summed E-state index contributed by atoms with van der Waals surface area (Å²) >= 11 is 0. The zero-order valence-corrected chi connectivity index (χ0v) is 13.7. The molecule has 0 unspecified atom stereocenters. The van der Waals surface area contributed by atoms with E-state index in [4.69, 9.17) is 4.74 Å². The first-order valence-electron chi connectivity index (χ1n) is 8.23. The van der Waals surface area contributed by atoms with Gasteiger partial charge in [0, 0.05) is 18.9 Å². The molecule has 1 aromatic carbocycles. The van der Waals surface area contributed by atoms with Crippen molar-refractivity contribution in [1.82, 2.24) is 4.90 Å². The summed E-state index contributed by atoms with van der Waals surface area (Å²) in [5.41, 5.74) is 2.16. The topological polar surface area (TPSA) is 49.8 Å². The third kappa shape index (κ3) is 3.07.